The summed E-state index contributed by atoms with van der Waals surface area (Å²) in [7, 11) is 1.68. The molecule has 3 N–H and O–H groups in total. The van der Waals surface area contributed by atoms with Gasteiger partial charge in [0.1, 0.15) is 11.4 Å². The number of nitrogens with one attached hydrogen (secondary N) is 1. The van der Waals surface area contributed by atoms with Gasteiger partial charge in [-0.3, -0.25) is 4.99 Å². The number of hydrogen-bond acceptors (Lipinski definition) is 3. The molecule has 1 aliphatic rings. The highest BCUT2D eigenvalue weighted by molar-refractivity contribution is 5.97. The highest BCUT2D eigenvalue weighted by atomic mass is 16.6. The van der Waals surface area contributed by atoms with Crippen LogP contribution in [0.15, 0.2) is 23.2 Å². The number of benzene rings is 1. The number of aryl methyl sites for hydroxylation is 1. The lowest BCUT2D eigenvalue weighted by atomic mass is 10.0. The number of amides is 1. The maximum Gasteiger partial charge on any atom is 0.408 e. The number of aliphatic imine (C=N–C) groups is 1. The molecule has 2 rings (SSSR count). The van der Waals surface area contributed by atoms with Crippen molar-refractivity contribution in [2.75, 3.05) is 7.05 Å². The molecule has 1 aromatic rings. The molecule has 0 aliphatic heterocycles. The average Bonchev–Trinajstić information content (AvgIpc) is 2.78. The molecule has 0 saturated heterocycles. The van der Waals surface area contributed by atoms with Gasteiger partial charge < -0.3 is 15.8 Å². The Hall–Kier alpha value is -2.04. The van der Waals surface area contributed by atoms with Crippen LogP contribution in [0.1, 0.15) is 49.9 Å². The minimum atomic E-state index is -0.485. The van der Waals surface area contributed by atoms with Crippen molar-refractivity contribution >= 4 is 11.9 Å². The number of amidine groups is 1. The van der Waals surface area contributed by atoms with Crippen LogP contribution >= 0.6 is 0 Å². The lowest BCUT2D eigenvalue weighted by molar-refractivity contribution is 0.0503. The standard InChI is InChI=1S/C16H23N3O2/c1-16(2,3)21-15(20)19-13-8-6-10-9-11(14(17)18-4)5-7-12(10)13/h5,7,9,13H,6,8H2,1-4H3,(H2,17,18)(H,19,20). The highest BCUT2D eigenvalue weighted by Crippen LogP contribution is 2.32. The Labute approximate surface area is 125 Å². The summed E-state index contributed by atoms with van der Waals surface area (Å²) in [6, 6.07) is 6.01. The van der Waals surface area contributed by atoms with Crippen molar-refractivity contribution in [2.45, 2.75) is 45.3 Å². The van der Waals surface area contributed by atoms with Gasteiger partial charge in [-0.25, -0.2) is 4.79 Å². The Morgan fingerprint density at radius 3 is 2.76 bits per heavy atom. The van der Waals surface area contributed by atoms with Crippen LogP contribution in [-0.4, -0.2) is 24.6 Å². The van der Waals surface area contributed by atoms with Crippen LogP contribution in [0.4, 0.5) is 4.79 Å². The van der Waals surface area contributed by atoms with Gasteiger partial charge in [0.15, 0.2) is 0 Å². The molecule has 1 atom stereocenters. The minimum Gasteiger partial charge on any atom is -0.444 e. The zero-order chi connectivity index (χ0) is 15.6. The predicted molar refractivity (Wildman–Crippen MR) is 83.5 cm³/mol. The van der Waals surface area contributed by atoms with E-state index in [4.69, 9.17) is 10.5 Å². The van der Waals surface area contributed by atoms with Crippen LogP contribution in [0.2, 0.25) is 0 Å². The van der Waals surface area contributed by atoms with E-state index in [1.807, 2.05) is 32.9 Å². The summed E-state index contributed by atoms with van der Waals surface area (Å²) in [6.07, 6.45) is 1.42. The van der Waals surface area contributed by atoms with Crippen molar-refractivity contribution in [3.8, 4) is 0 Å². The summed E-state index contributed by atoms with van der Waals surface area (Å²) < 4.78 is 5.30. The van der Waals surface area contributed by atoms with E-state index in [1.165, 1.54) is 5.56 Å². The Bertz CT molecular complexity index is 573. The summed E-state index contributed by atoms with van der Waals surface area (Å²) in [5.74, 6) is 0.529. The molecular weight excluding hydrogens is 266 g/mol. The van der Waals surface area contributed by atoms with Crippen LogP contribution in [-0.2, 0) is 11.2 Å². The molecule has 0 radical (unpaired) electrons. The zero-order valence-corrected chi connectivity index (χ0v) is 13.1. The largest absolute Gasteiger partial charge is 0.444 e. The summed E-state index contributed by atoms with van der Waals surface area (Å²) in [6.45, 7) is 5.57. The topological polar surface area (TPSA) is 76.7 Å². The van der Waals surface area contributed by atoms with Gasteiger partial charge in [-0.05, 0) is 50.8 Å². The fraction of sp³-hybridized carbons (Fsp3) is 0.500. The first-order valence-corrected chi connectivity index (χ1v) is 7.15. The highest BCUT2D eigenvalue weighted by Gasteiger charge is 2.26. The second-order valence-corrected chi connectivity index (χ2v) is 6.26. The second-order valence-electron chi connectivity index (χ2n) is 6.26. The molecule has 0 saturated carbocycles. The molecule has 0 aromatic heterocycles. The lowest BCUT2D eigenvalue weighted by Crippen LogP contribution is -2.34. The fourth-order valence-corrected chi connectivity index (χ4v) is 2.51. The fourth-order valence-electron chi connectivity index (χ4n) is 2.51. The van der Waals surface area contributed by atoms with E-state index in [0.717, 1.165) is 24.0 Å². The van der Waals surface area contributed by atoms with Crippen molar-refractivity contribution in [3.63, 3.8) is 0 Å². The van der Waals surface area contributed by atoms with E-state index in [1.54, 1.807) is 7.05 Å². The molecule has 0 heterocycles. The molecule has 5 heteroatoms. The van der Waals surface area contributed by atoms with Gasteiger partial charge in [0.25, 0.3) is 0 Å². The summed E-state index contributed by atoms with van der Waals surface area (Å²) >= 11 is 0. The first-order valence-electron chi connectivity index (χ1n) is 7.15. The maximum atomic E-state index is 11.9. The quantitative estimate of drug-likeness (QED) is 0.649. The third kappa shape index (κ3) is 3.74. The third-order valence-corrected chi connectivity index (χ3v) is 3.45. The first-order chi connectivity index (χ1) is 9.80. The van der Waals surface area contributed by atoms with Crippen molar-refractivity contribution in [1.82, 2.24) is 5.32 Å². The molecule has 21 heavy (non-hydrogen) atoms. The van der Waals surface area contributed by atoms with Crippen molar-refractivity contribution in [1.29, 1.82) is 0 Å². The summed E-state index contributed by atoms with van der Waals surface area (Å²) in [4.78, 5) is 15.9. The van der Waals surface area contributed by atoms with E-state index in [2.05, 4.69) is 16.4 Å². The van der Waals surface area contributed by atoms with E-state index >= 15 is 0 Å². The van der Waals surface area contributed by atoms with E-state index < -0.39 is 5.60 Å². The smallest absolute Gasteiger partial charge is 0.408 e. The van der Waals surface area contributed by atoms with Crippen LogP contribution in [0.3, 0.4) is 0 Å². The van der Waals surface area contributed by atoms with E-state index in [9.17, 15) is 4.79 Å². The normalized spacial score (nSPS) is 18.3. The monoisotopic (exact) mass is 289 g/mol. The van der Waals surface area contributed by atoms with Gasteiger partial charge >= 0.3 is 6.09 Å². The molecule has 1 amide bonds. The van der Waals surface area contributed by atoms with Crippen molar-refractivity contribution in [2.24, 2.45) is 10.7 Å². The molecule has 0 bridgehead atoms. The number of nitrogens with two attached hydrogens (primary N) is 1. The number of hydrogen-bond donors (Lipinski definition) is 2. The number of rotatable bonds is 2. The molecular formula is C16H23N3O2. The van der Waals surface area contributed by atoms with Crippen LogP contribution in [0.5, 0.6) is 0 Å². The Balaban J connectivity index is 2.11. The van der Waals surface area contributed by atoms with Crippen molar-refractivity contribution in [3.05, 3.63) is 34.9 Å². The van der Waals surface area contributed by atoms with Crippen molar-refractivity contribution < 1.29 is 9.53 Å². The third-order valence-electron chi connectivity index (χ3n) is 3.45. The SMILES string of the molecule is CN=C(N)c1ccc2c(c1)CCC2NC(=O)OC(C)(C)C. The Morgan fingerprint density at radius 2 is 2.14 bits per heavy atom. The first kappa shape index (κ1) is 15.4. The second kappa shape index (κ2) is 5.76. The van der Waals surface area contributed by atoms with Crippen LogP contribution in [0, 0.1) is 0 Å². The van der Waals surface area contributed by atoms with Crippen LogP contribution < -0.4 is 11.1 Å². The lowest BCUT2D eigenvalue weighted by Gasteiger charge is -2.22. The zero-order valence-electron chi connectivity index (χ0n) is 13.1. The molecule has 0 fully saturated rings. The average molecular weight is 289 g/mol. The Kier molecular flexibility index (Phi) is 4.21. The molecule has 1 aromatic carbocycles. The number of carbonyl (C=O) groups is 1. The van der Waals surface area contributed by atoms with E-state index in [0.29, 0.717) is 5.84 Å². The predicted octanol–water partition coefficient (Wildman–Crippen LogP) is 2.53. The number of carbonyl (C=O) groups excluding carboxylic acids is 1. The molecule has 114 valence electrons. The van der Waals surface area contributed by atoms with Gasteiger partial charge in [-0.15, -0.1) is 0 Å². The molecule has 1 aliphatic carbocycles. The molecule has 5 nitrogen and oxygen atoms in total. The van der Waals surface area contributed by atoms with E-state index in [-0.39, 0.29) is 12.1 Å². The number of ether oxygens (including phenoxy) is 1. The number of nitrogens with zero attached hydrogens (tertiary/aromatic N) is 1. The Morgan fingerprint density at radius 1 is 1.43 bits per heavy atom. The summed E-state index contributed by atoms with van der Waals surface area (Å²) in [5.41, 5.74) is 8.62. The van der Waals surface area contributed by atoms with Gasteiger partial charge in [-0.1, -0.05) is 12.1 Å². The van der Waals surface area contributed by atoms with Gasteiger partial charge in [0, 0.05) is 12.6 Å². The number of fused-ring (bicyclic) bond motifs is 1. The number of alkyl carbamates (subject to hydrolysis) is 1. The molecule has 1 unspecified atom stereocenters. The summed E-state index contributed by atoms with van der Waals surface area (Å²) in [5, 5.41) is 2.93. The van der Waals surface area contributed by atoms with Crippen LogP contribution in [0.25, 0.3) is 0 Å². The maximum absolute atomic E-state index is 11.9. The van der Waals surface area contributed by atoms with Gasteiger partial charge in [0.05, 0.1) is 6.04 Å². The van der Waals surface area contributed by atoms with Gasteiger partial charge in [0.2, 0.25) is 0 Å². The minimum absolute atomic E-state index is 0.00342. The van der Waals surface area contributed by atoms with Gasteiger partial charge in [-0.2, -0.15) is 0 Å². The molecule has 0 spiro atoms.